The van der Waals surface area contributed by atoms with Crippen LogP contribution in [0.25, 0.3) is 0 Å². The number of phenolic OH excluding ortho intramolecular Hbond substituents is 1. The summed E-state index contributed by atoms with van der Waals surface area (Å²) in [4.78, 5) is 53.2. The highest BCUT2D eigenvalue weighted by atomic mass is 127. The number of phenols is 1. The Kier molecular flexibility index (Phi) is 7.70. The van der Waals surface area contributed by atoms with Gasteiger partial charge in [0.25, 0.3) is 11.8 Å². The minimum absolute atomic E-state index is 0.000576. The van der Waals surface area contributed by atoms with Gasteiger partial charge in [-0.3, -0.25) is 9.59 Å². The molecule has 29 heavy (non-hydrogen) atoms. The number of nitrogens with one attached hydrogen (secondary N) is 1. The molecular weight excluding hydrogens is 610 g/mol. The van der Waals surface area contributed by atoms with Gasteiger partial charge in [-0.2, -0.15) is 0 Å². The first kappa shape index (κ1) is 23.6. The molecule has 1 heterocycles. The van der Waals surface area contributed by atoms with Crippen LogP contribution in [-0.4, -0.2) is 45.7 Å². The molecule has 1 saturated heterocycles. The van der Waals surface area contributed by atoms with Crippen molar-refractivity contribution in [3.05, 3.63) is 24.8 Å². The van der Waals surface area contributed by atoms with E-state index in [1.807, 2.05) is 45.2 Å². The Morgan fingerprint density at radius 2 is 1.69 bits per heavy atom. The van der Waals surface area contributed by atoms with Crippen LogP contribution < -0.4 is 5.32 Å². The first-order valence-corrected chi connectivity index (χ1v) is 10.8. The predicted octanol–water partition coefficient (Wildman–Crippen LogP) is 2.64. The summed E-state index contributed by atoms with van der Waals surface area (Å²) in [5.74, 6) is -2.10. The number of carbonyl (C=O) groups excluding carboxylic acids is 4. The summed E-state index contributed by atoms with van der Waals surface area (Å²) in [5.41, 5.74) is -0.156. The molecule has 0 radical (unpaired) electrons. The number of nitrogens with zero attached hydrogens (tertiary/aromatic N) is 1. The van der Waals surface area contributed by atoms with Gasteiger partial charge >= 0.3 is 12.1 Å². The average molecular weight is 630 g/mol. The van der Waals surface area contributed by atoms with E-state index in [-0.39, 0.29) is 25.0 Å². The second-order valence-electron chi connectivity index (χ2n) is 7.30. The normalized spacial score (nSPS) is 15.3. The highest BCUT2D eigenvalue weighted by Crippen LogP contribution is 2.28. The number of amides is 3. The van der Waals surface area contributed by atoms with Gasteiger partial charge in [-0.15, -0.1) is 5.06 Å². The van der Waals surface area contributed by atoms with E-state index in [2.05, 4.69) is 5.32 Å². The van der Waals surface area contributed by atoms with Crippen LogP contribution in [-0.2, 0) is 30.4 Å². The SMILES string of the molecule is CC(C)(C)OC(=O)N[C@H](Cc1cc(I)c(O)c(I)c1)C(=O)ON1C(=O)CCC1=O. The van der Waals surface area contributed by atoms with Gasteiger partial charge in [0.1, 0.15) is 17.4 Å². The zero-order valence-corrected chi connectivity index (χ0v) is 20.3. The first-order chi connectivity index (χ1) is 13.4. The van der Waals surface area contributed by atoms with Crippen molar-refractivity contribution in [1.29, 1.82) is 0 Å². The number of alkyl carbamates (subject to hydrolysis) is 1. The number of benzene rings is 1. The van der Waals surface area contributed by atoms with Crippen molar-refractivity contribution in [1.82, 2.24) is 10.4 Å². The van der Waals surface area contributed by atoms with E-state index in [1.165, 1.54) is 0 Å². The fourth-order valence-corrected chi connectivity index (χ4v) is 4.32. The molecule has 1 aliphatic heterocycles. The van der Waals surface area contributed by atoms with E-state index in [4.69, 9.17) is 9.57 Å². The topological polar surface area (TPSA) is 122 Å². The monoisotopic (exact) mass is 630 g/mol. The first-order valence-electron chi connectivity index (χ1n) is 8.61. The fraction of sp³-hybridized carbons (Fsp3) is 0.444. The molecule has 2 rings (SSSR count). The van der Waals surface area contributed by atoms with E-state index in [0.717, 1.165) is 0 Å². The summed E-state index contributed by atoms with van der Waals surface area (Å²) in [5, 5.41) is 12.8. The smallest absolute Gasteiger partial charge is 0.408 e. The Hall–Kier alpha value is -1.64. The van der Waals surface area contributed by atoms with Crippen molar-refractivity contribution in [3.63, 3.8) is 0 Å². The number of carbonyl (C=O) groups is 4. The van der Waals surface area contributed by atoms with E-state index in [9.17, 15) is 24.3 Å². The average Bonchev–Trinajstić information content (AvgIpc) is 2.89. The predicted molar refractivity (Wildman–Crippen MR) is 118 cm³/mol. The molecule has 0 saturated carbocycles. The van der Waals surface area contributed by atoms with Crippen molar-refractivity contribution >= 4 is 69.1 Å². The van der Waals surface area contributed by atoms with Crippen LogP contribution in [0.15, 0.2) is 12.1 Å². The Labute approximate surface area is 194 Å². The number of rotatable bonds is 5. The Morgan fingerprint density at radius 3 is 2.17 bits per heavy atom. The molecule has 1 aromatic carbocycles. The molecule has 1 aliphatic rings. The van der Waals surface area contributed by atoms with Gasteiger partial charge in [0.15, 0.2) is 0 Å². The summed E-state index contributed by atoms with van der Waals surface area (Å²) in [6, 6.07) is 2.09. The molecule has 0 spiro atoms. The van der Waals surface area contributed by atoms with Crippen LogP contribution >= 0.6 is 45.2 Å². The van der Waals surface area contributed by atoms with Crippen molar-refractivity contribution in [2.45, 2.75) is 51.7 Å². The maximum Gasteiger partial charge on any atom is 0.408 e. The van der Waals surface area contributed by atoms with Crippen LogP contribution in [0.2, 0.25) is 0 Å². The van der Waals surface area contributed by atoms with Gasteiger partial charge < -0.3 is 20.0 Å². The fourth-order valence-electron chi connectivity index (χ4n) is 2.43. The molecule has 158 valence electrons. The Bertz CT molecular complexity index is 812. The lowest BCUT2D eigenvalue weighted by atomic mass is 10.1. The number of hydrogen-bond donors (Lipinski definition) is 2. The largest absolute Gasteiger partial charge is 0.506 e. The number of aromatic hydroxyl groups is 1. The van der Waals surface area contributed by atoms with Gasteiger partial charge in [0.2, 0.25) is 0 Å². The maximum atomic E-state index is 12.6. The van der Waals surface area contributed by atoms with Gasteiger partial charge in [-0.05, 0) is 83.6 Å². The van der Waals surface area contributed by atoms with Crippen LogP contribution in [0.3, 0.4) is 0 Å². The molecule has 11 heteroatoms. The lowest BCUT2D eigenvalue weighted by Crippen LogP contribution is -2.48. The molecule has 0 unspecified atom stereocenters. The van der Waals surface area contributed by atoms with Gasteiger partial charge in [0, 0.05) is 19.3 Å². The van der Waals surface area contributed by atoms with E-state index in [0.29, 0.717) is 17.8 Å². The Balaban J connectivity index is 2.22. The molecule has 9 nitrogen and oxygen atoms in total. The summed E-state index contributed by atoms with van der Waals surface area (Å²) >= 11 is 3.90. The molecule has 1 atom stereocenters. The maximum absolute atomic E-state index is 12.6. The standard InChI is InChI=1S/C18H20I2N2O7/c1-18(2,3)28-17(27)21-12(8-9-6-10(19)15(25)11(20)7-9)16(26)29-22-13(23)4-5-14(22)24/h6-7,12,25H,4-5,8H2,1-3H3,(H,21,27)/t12-/m1/s1. The third-order valence-corrected chi connectivity index (χ3v) is 5.32. The van der Waals surface area contributed by atoms with Crippen molar-refractivity contribution in [2.75, 3.05) is 0 Å². The van der Waals surface area contributed by atoms with Gasteiger partial charge in [-0.1, -0.05) is 0 Å². The molecular formula is C18H20I2N2O7. The van der Waals surface area contributed by atoms with Gasteiger partial charge in [-0.25, -0.2) is 9.59 Å². The van der Waals surface area contributed by atoms with Gasteiger partial charge in [0.05, 0.1) is 7.14 Å². The highest BCUT2D eigenvalue weighted by molar-refractivity contribution is 14.1. The number of ether oxygens (including phenoxy) is 1. The number of halogens is 2. The lowest BCUT2D eigenvalue weighted by molar-refractivity contribution is -0.198. The molecule has 3 amide bonds. The quantitative estimate of drug-likeness (QED) is 0.379. The van der Waals surface area contributed by atoms with Crippen LogP contribution in [0.5, 0.6) is 5.75 Å². The van der Waals surface area contributed by atoms with Crippen LogP contribution in [0.1, 0.15) is 39.2 Å². The minimum Gasteiger partial charge on any atom is -0.506 e. The molecule has 0 aliphatic carbocycles. The highest BCUT2D eigenvalue weighted by Gasteiger charge is 2.36. The zero-order valence-electron chi connectivity index (χ0n) is 16.0. The van der Waals surface area contributed by atoms with Crippen molar-refractivity contribution in [2.24, 2.45) is 0 Å². The molecule has 0 bridgehead atoms. The van der Waals surface area contributed by atoms with Crippen LogP contribution in [0.4, 0.5) is 4.79 Å². The zero-order chi connectivity index (χ0) is 21.9. The third-order valence-electron chi connectivity index (χ3n) is 3.68. The van der Waals surface area contributed by atoms with Crippen LogP contribution in [0, 0.1) is 7.14 Å². The molecule has 2 N–H and O–H groups in total. The lowest BCUT2D eigenvalue weighted by Gasteiger charge is -2.24. The third kappa shape index (κ3) is 6.69. The Morgan fingerprint density at radius 1 is 1.17 bits per heavy atom. The molecule has 0 aromatic heterocycles. The summed E-state index contributed by atoms with van der Waals surface area (Å²) in [6.45, 7) is 5.02. The molecule has 1 aromatic rings. The second kappa shape index (κ2) is 9.45. The number of imide groups is 1. The van der Waals surface area contributed by atoms with E-state index >= 15 is 0 Å². The summed E-state index contributed by atoms with van der Waals surface area (Å²) in [6.07, 6.45) is -0.919. The second-order valence-corrected chi connectivity index (χ2v) is 9.63. The van der Waals surface area contributed by atoms with E-state index < -0.39 is 35.5 Å². The van der Waals surface area contributed by atoms with Crippen molar-refractivity contribution < 1.29 is 33.9 Å². The summed E-state index contributed by atoms with van der Waals surface area (Å²) in [7, 11) is 0. The summed E-state index contributed by atoms with van der Waals surface area (Å²) < 4.78 is 6.32. The molecule has 1 fully saturated rings. The van der Waals surface area contributed by atoms with E-state index in [1.54, 1.807) is 32.9 Å². The number of hydroxylamine groups is 2. The number of hydrogen-bond acceptors (Lipinski definition) is 7. The minimum atomic E-state index is -1.22. The van der Waals surface area contributed by atoms with Crippen molar-refractivity contribution in [3.8, 4) is 5.75 Å².